The van der Waals surface area contributed by atoms with E-state index in [2.05, 4.69) is 15.1 Å². The van der Waals surface area contributed by atoms with Gasteiger partial charge in [-0.1, -0.05) is 0 Å². The third-order valence-corrected chi connectivity index (χ3v) is 4.47. The number of carbonyl (C=O) groups excluding carboxylic acids is 2. The molecule has 1 unspecified atom stereocenters. The zero-order chi connectivity index (χ0) is 16.7. The number of nitrogens with one attached hydrogen (secondary N) is 1. The number of nitrogens with zero attached hydrogens (tertiary/aromatic N) is 3. The van der Waals surface area contributed by atoms with Gasteiger partial charge in [0, 0.05) is 52.4 Å². The lowest BCUT2D eigenvalue weighted by Gasteiger charge is -2.34. The topological polar surface area (TPSA) is 65.1 Å². The van der Waals surface area contributed by atoms with Gasteiger partial charge in [-0.2, -0.15) is 0 Å². The van der Waals surface area contributed by atoms with Crippen LogP contribution in [0.3, 0.4) is 0 Å². The number of rotatable bonds is 7. The fourth-order valence-electron chi connectivity index (χ4n) is 3.18. The van der Waals surface area contributed by atoms with E-state index < -0.39 is 0 Å². The molecule has 2 aliphatic heterocycles. The molecule has 2 saturated heterocycles. The zero-order valence-electron chi connectivity index (χ0n) is 14.4. The Kier molecular flexibility index (Phi) is 7.26. The van der Waals surface area contributed by atoms with Crippen molar-refractivity contribution in [3.8, 4) is 0 Å². The van der Waals surface area contributed by atoms with Gasteiger partial charge < -0.3 is 15.0 Å². The maximum Gasteiger partial charge on any atom is 0.236 e. The van der Waals surface area contributed by atoms with E-state index in [1.165, 1.54) is 0 Å². The number of hydrogen-bond acceptors (Lipinski definition) is 5. The monoisotopic (exact) mass is 326 g/mol. The molecule has 0 bridgehead atoms. The molecular weight excluding hydrogens is 296 g/mol. The molecule has 23 heavy (non-hydrogen) atoms. The predicted molar refractivity (Wildman–Crippen MR) is 88.2 cm³/mol. The first kappa shape index (κ1) is 18.2. The van der Waals surface area contributed by atoms with Crippen LogP contribution in [-0.2, 0) is 14.3 Å². The summed E-state index contributed by atoms with van der Waals surface area (Å²) >= 11 is 0. The molecule has 0 aromatic rings. The van der Waals surface area contributed by atoms with Crippen molar-refractivity contribution in [3.05, 3.63) is 0 Å². The molecule has 132 valence electrons. The van der Waals surface area contributed by atoms with Crippen LogP contribution in [0.2, 0.25) is 0 Å². The number of methoxy groups -OCH3 is 1. The van der Waals surface area contributed by atoms with Gasteiger partial charge in [0.1, 0.15) is 0 Å². The standard InChI is InChI=1S/C16H30N4O3/c1-14(13-23-2)17-15(21)11-18-7-9-19(10-8-18)12-16(22)20-5-3-4-6-20/h14H,3-13H2,1-2H3,(H,17,21). The highest BCUT2D eigenvalue weighted by Gasteiger charge is 2.24. The average molecular weight is 326 g/mol. The number of piperazine rings is 1. The van der Waals surface area contributed by atoms with E-state index in [0.717, 1.165) is 52.1 Å². The summed E-state index contributed by atoms with van der Waals surface area (Å²) in [6, 6.07) is 0.0341. The van der Waals surface area contributed by atoms with Crippen molar-refractivity contribution in [1.29, 1.82) is 0 Å². The Labute approximate surface area is 138 Å². The summed E-state index contributed by atoms with van der Waals surface area (Å²) in [5.41, 5.74) is 0. The summed E-state index contributed by atoms with van der Waals surface area (Å²) in [5.74, 6) is 0.290. The van der Waals surface area contributed by atoms with Gasteiger partial charge in [-0.25, -0.2) is 0 Å². The molecule has 2 fully saturated rings. The van der Waals surface area contributed by atoms with Gasteiger partial charge in [0.2, 0.25) is 11.8 Å². The lowest BCUT2D eigenvalue weighted by molar-refractivity contribution is -0.132. The highest BCUT2D eigenvalue weighted by molar-refractivity contribution is 5.79. The number of carbonyl (C=O) groups is 2. The molecule has 2 rings (SSSR count). The quantitative estimate of drug-likeness (QED) is 0.675. The van der Waals surface area contributed by atoms with Crippen LogP contribution in [0.4, 0.5) is 0 Å². The average Bonchev–Trinajstić information content (AvgIpc) is 3.03. The summed E-state index contributed by atoms with van der Waals surface area (Å²) in [7, 11) is 1.63. The molecule has 0 saturated carbocycles. The molecule has 0 spiro atoms. The number of likely N-dealkylation sites (tertiary alicyclic amines) is 1. The van der Waals surface area contributed by atoms with Crippen molar-refractivity contribution >= 4 is 11.8 Å². The van der Waals surface area contributed by atoms with Crippen molar-refractivity contribution in [2.45, 2.75) is 25.8 Å². The normalized spacial score (nSPS) is 21.4. The van der Waals surface area contributed by atoms with Crippen LogP contribution in [0.5, 0.6) is 0 Å². The summed E-state index contributed by atoms with van der Waals surface area (Å²) < 4.78 is 5.02. The Hall–Kier alpha value is -1.18. The molecule has 2 aliphatic rings. The Morgan fingerprint density at radius 2 is 1.57 bits per heavy atom. The Morgan fingerprint density at radius 1 is 1.00 bits per heavy atom. The summed E-state index contributed by atoms with van der Waals surface area (Å²) in [6.45, 7) is 8.59. The first-order valence-corrected chi connectivity index (χ1v) is 8.59. The van der Waals surface area contributed by atoms with E-state index >= 15 is 0 Å². The lowest BCUT2D eigenvalue weighted by Crippen LogP contribution is -2.52. The van der Waals surface area contributed by atoms with Crippen LogP contribution in [0.15, 0.2) is 0 Å². The minimum Gasteiger partial charge on any atom is -0.383 e. The SMILES string of the molecule is COCC(C)NC(=O)CN1CCN(CC(=O)N2CCCC2)CC1. The fraction of sp³-hybridized carbons (Fsp3) is 0.875. The van der Waals surface area contributed by atoms with Crippen molar-refractivity contribution in [2.24, 2.45) is 0 Å². The van der Waals surface area contributed by atoms with Crippen molar-refractivity contribution < 1.29 is 14.3 Å². The highest BCUT2D eigenvalue weighted by Crippen LogP contribution is 2.09. The van der Waals surface area contributed by atoms with Crippen LogP contribution >= 0.6 is 0 Å². The van der Waals surface area contributed by atoms with E-state index in [4.69, 9.17) is 4.74 Å². The number of amides is 2. The minimum atomic E-state index is 0.0341. The van der Waals surface area contributed by atoms with Crippen LogP contribution in [0, 0.1) is 0 Å². The molecule has 7 heteroatoms. The van der Waals surface area contributed by atoms with Crippen molar-refractivity contribution in [2.75, 3.05) is 66.1 Å². The van der Waals surface area contributed by atoms with Gasteiger partial charge in [0.15, 0.2) is 0 Å². The maximum atomic E-state index is 12.2. The first-order valence-electron chi connectivity index (χ1n) is 8.59. The van der Waals surface area contributed by atoms with Crippen molar-refractivity contribution in [3.63, 3.8) is 0 Å². The second kappa shape index (κ2) is 9.20. The predicted octanol–water partition coefficient (Wildman–Crippen LogP) is -0.622. The minimum absolute atomic E-state index is 0.0341. The first-order chi connectivity index (χ1) is 11.1. The van der Waals surface area contributed by atoms with Crippen LogP contribution in [0.1, 0.15) is 19.8 Å². The number of ether oxygens (including phenoxy) is 1. The second-order valence-electron chi connectivity index (χ2n) is 6.56. The van der Waals surface area contributed by atoms with E-state index in [-0.39, 0.29) is 17.9 Å². The molecule has 0 radical (unpaired) electrons. The molecule has 7 nitrogen and oxygen atoms in total. The summed E-state index contributed by atoms with van der Waals surface area (Å²) in [5, 5.41) is 2.93. The van der Waals surface area contributed by atoms with E-state index in [9.17, 15) is 9.59 Å². The molecule has 0 aromatic heterocycles. The number of hydrogen-bond donors (Lipinski definition) is 1. The molecule has 0 aliphatic carbocycles. The molecular formula is C16H30N4O3. The van der Waals surface area contributed by atoms with Gasteiger partial charge in [0.25, 0.3) is 0 Å². The van der Waals surface area contributed by atoms with Gasteiger partial charge >= 0.3 is 0 Å². The lowest BCUT2D eigenvalue weighted by atomic mass is 10.3. The highest BCUT2D eigenvalue weighted by atomic mass is 16.5. The maximum absolute atomic E-state index is 12.2. The smallest absolute Gasteiger partial charge is 0.236 e. The zero-order valence-corrected chi connectivity index (χ0v) is 14.4. The Morgan fingerprint density at radius 3 is 2.13 bits per heavy atom. The second-order valence-corrected chi connectivity index (χ2v) is 6.56. The fourth-order valence-corrected chi connectivity index (χ4v) is 3.18. The molecule has 1 atom stereocenters. The molecule has 0 aromatic carbocycles. The van der Waals surface area contributed by atoms with Gasteiger partial charge in [-0.05, 0) is 19.8 Å². The summed E-state index contributed by atoms with van der Waals surface area (Å²) in [4.78, 5) is 30.4. The van der Waals surface area contributed by atoms with Gasteiger partial charge in [-0.15, -0.1) is 0 Å². The Balaban J connectivity index is 1.63. The van der Waals surface area contributed by atoms with Crippen LogP contribution < -0.4 is 5.32 Å². The Bertz CT molecular complexity index is 391. The third-order valence-electron chi connectivity index (χ3n) is 4.47. The molecule has 1 N–H and O–H groups in total. The van der Waals surface area contributed by atoms with Crippen molar-refractivity contribution in [1.82, 2.24) is 20.0 Å². The largest absolute Gasteiger partial charge is 0.383 e. The van der Waals surface area contributed by atoms with E-state index in [0.29, 0.717) is 19.7 Å². The third kappa shape index (κ3) is 6.08. The van der Waals surface area contributed by atoms with Crippen LogP contribution in [-0.4, -0.2) is 98.6 Å². The van der Waals surface area contributed by atoms with Gasteiger partial charge in [-0.3, -0.25) is 19.4 Å². The van der Waals surface area contributed by atoms with Gasteiger partial charge in [0.05, 0.1) is 19.7 Å². The van der Waals surface area contributed by atoms with E-state index in [1.807, 2.05) is 11.8 Å². The molecule has 2 amide bonds. The molecule has 2 heterocycles. The van der Waals surface area contributed by atoms with E-state index in [1.54, 1.807) is 7.11 Å². The summed E-state index contributed by atoms with van der Waals surface area (Å²) in [6.07, 6.45) is 2.27. The van der Waals surface area contributed by atoms with Crippen LogP contribution in [0.25, 0.3) is 0 Å².